The molecule has 0 spiro atoms. The van der Waals surface area contributed by atoms with E-state index in [-0.39, 0.29) is 12.1 Å². The smallest absolute Gasteiger partial charge is 0.0745 e. The molecule has 64 valence electrons. The first-order valence-electron chi connectivity index (χ1n) is 4.07. The van der Waals surface area contributed by atoms with Crippen molar-refractivity contribution in [3.8, 4) is 0 Å². The third kappa shape index (κ3) is 2.29. The number of hydrogen-bond donors (Lipinski definition) is 2. The van der Waals surface area contributed by atoms with Crippen LogP contribution in [0.3, 0.4) is 0 Å². The lowest BCUT2D eigenvalue weighted by atomic mass is 10.1. The molecule has 0 aliphatic carbocycles. The van der Waals surface area contributed by atoms with Crippen LogP contribution in [0.15, 0.2) is 12.7 Å². The van der Waals surface area contributed by atoms with Gasteiger partial charge < -0.3 is 4.74 Å². The maximum absolute atomic E-state index is 5.47. The van der Waals surface area contributed by atoms with E-state index in [2.05, 4.69) is 12.0 Å². The van der Waals surface area contributed by atoms with E-state index in [4.69, 9.17) is 10.6 Å². The Labute approximate surface area is 67.6 Å². The van der Waals surface area contributed by atoms with Gasteiger partial charge in [0.2, 0.25) is 0 Å². The fourth-order valence-electron chi connectivity index (χ4n) is 1.43. The lowest BCUT2D eigenvalue weighted by Crippen LogP contribution is -2.43. The average Bonchev–Trinajstić information content (AvgIpc) is 2.52. The van der Waals surface area contributed by atoms with Crippen molar-refractivity contribution in [3.05, 3.63) is 12.7 Å². The molecule has 0 radical (unpaired) electrons. The van der Waals surface area contributed by atoms with Crippen LogP contribution in [0.2, 0.25) is 0 Å². The number of ether oxygens (including phenoxy) is 1. The van der Waals surface area contributed by atoms with E-state index in [1.807, 2.05) is 6.08 Å². The highest BCUT2D eigenvalue weighted by atomic mass is 16.5. The molecule has 3 heteroatoms. The Morgan fingerprint density at radius 2 is 2.64 bits per heavy atom. The van der Waals surface area contributed by atoms with Gasteiger partial charge in [0, 0.05) is 6.61 Å². The van der Waals surface area contributed by atoms with Crippen LogP contribution in [0.4, 0.5) is 0 Å². The highest BCUT2D eigenvalue weighted by Gasteiger charge is 2.23. The van der Waals surface area contributed by atoms with Crippen molar-refractivity contribution in [3.63, 3.8) is 0 Å². The molecule has 1 aliphatic rings. The van der Waals surface area contributed by atoms with Crippen LogP contribution in [-0.4, -0.2) is 18.8 Å². The largest absolute Gasteiger partial charge is 0.377 e. The predicted molar refractivity (Wildman–Crippen MR) is 44.9 cm³/mol. The minimum atomic E-state index is 0.245. The standard InChI is InChI=1S/C8H16N2O/c1-2-4-7(10-9)8-5-3-6-11-8/h2,7-8,10H,1,3-6,9H2. The van der Waals surface area contributed by atoms with Crippen LogP contribution < -0.4 is 11.3 Å². The van der Waals surface area contributed by atoms with Gasteiger partial charge in [0.25, 0.3) is 0 Å². The molecule has 2 unspecified atom stereocenters. The Bertz CT molecular complexity index is 121. The highest BCUT2D eigenvalue weighted by molar-refractivity contribution is 4.84. The van der Waals surface area contributed by atoms with Crippen molar-refractivity contribution >= 4 is 0 Å². The summed E-state index contributed by atoms with van der Waals surface area (Å²) in [6.45, 7) is 4.54. The molecule has 1 saturated heterocycles. The van der Waals surface area contributed by atoms with E-state index in [0.29, 0.717) is 0 Å². The van der Waals surface area contributed by atoms with Crippen molar-refractivity contribution in [2.75, 3.05) is 6.61 Å². The molecule has 11 heavy (non-hydrogen) atoms. The zero-order valence-corrected chi connectivity index (χ0v) is 6.75. The van der Waals surface area contributed by atoms with Crippen molar-refractivity contribution in [1.29, 1.82) is 0 Å². The monoisotopic (exact) mass is 156 g/mol. The van der Waals surface area contributed by atoms with Gasteiger partial charge in [-0.3, -0.25) is 11.3 Å². The minimum Gasteiger partial charge on any atom is -0.377 e. The molecule has 1 rings (SSSR count). The minimum absolute atomic E-state index is 0.245. The Hall–Kier alpha value is -0.380. The van der Waals surface area contributed by atoms with E-state index >= 15 is 0 Å². The third-order valence-corrected chi connectivity index (χ3v) is 2.05. The second-order valence-electron chi connectivity index (χ2n) is 2.85. The van der Waals surface area contributed by atoms with E-state index in [1.165, 1.54) is 0 Å². The van der Waals surface area contributed by atoms with E-state index in [0.717, 1.165) is 25.9 Å². The average molecular weight is 156 g/mol. The first-order valence-corrected chi connectivity index (χ1v) is 4.07. The van der Waals surface area contributed by atoms with Crippen LogP contribution >= 0.6 is 0 Å². The summed E-state index contributed by atoms with van der Waals surface area (Å²) in [7, 11) is 0. The first-order chi connectivity index (χ1) is 5.38. The number of rotatable bonds is 4. The zero-order valence-electron chi connectivity index (χ0n) is 6.75. The second kappa shape index (κ2) is 4.49. The molecule has 0 aromatic carbocycles. The quantitative estimate of drug-likeness (QED) is 0.355. The zero-order chi connectivity index (χ0) is 8.10. The molecule has 0 bridgehead atoms. The van der Waals surface area contributed by atoms with Gasteiger partial charge in [-0.05, 0) is 19.3 Å². The van der Waals surface area contributed by atoms with Gasteiger partial charge >= 0.3 is 0 Å². The summed E-state index contributed by atoms with van der Waals surface area (Å²) in [4.78, 5) is 0. The van der Waals surface area contributed by atoms with Crippen LogP contribution in [-0.2, 0) is 4.74 Å². The molecular formula is C8H16N2O. The Balaban J connectivity index is 2.33. The molecule has 0 aromatic heterocycles. The fourth-order valence-corrected chi connectivity index (χ4v) is 1.43. The van der Waals surface area contributed by atoms with Crippen LogP contribution in [0, 0.1) is 0 Å². The summed E-state index contributed by atoms with van der Waals surface area (Å²) >= 11 is 0. The summed E-state index contributed by atoms with van der Waals surface area (Å²) in [5.41, 5.74) is 2.75. The second-order valence-corrected chi connectivity index (χ2v) is 2.85. The number of hydrogen-bond acceptors (Lipinski definition) is 3. The van der Waals surface area contributed by atoms with Crippen LogP contribution in [0.5, 0.6) is 0 Å². The summed E-state index contributed by atoms with van der Waals surface area (Å²) in [6.07, 6.45) is 5.30. The topological polar surface area (TPSA) is 47.3 Å². The van der Waals surface area contributed by atoms with Gasteiger partial charge in [0.15, 0.2) is 0 Å². The van der Waals surface area contributed by atoms with Gasteiger partial charge in [0.1, 0.15) is 0 Å². The van der Waals surface area contributed by atoms with Crippen molar-refractivity contribution in [2.24, 2.45) is 5.84 Å². The predicted octanol–water partition coefficient (Wildman–Crippen LogP) is 0.573. The van der Waals surface area contributed by atoms with Gasteiger partial charge in [-0.15, -0.1) is 6.58 Å². The molecule has 3 N–H and O–H groups in total. The summed E-state index contributed by atoms with van der Waals surface area (Å²) < 4.78 is 5.47. The lowest BCUT2D eigenvalue weighted by Gasteiger charge is -2.20. The summed E-state index contributed by atoms with van der Waals surface area (Å²) in [5.74, 6) is 5.36. The molecule has 0 saturated carbocycles. The first kappa shape index (κ1) is 8.71. The summed E-state index contributed by atoms with van der Waals surface area (Å²) in [5, 5.41) is 0. The van der Waals surface area contributed by atoms with E-state index in [9.17, 15) is 0 Å². The molecule has 0 amide bonds. The maximum atomic E-state index is 5.47. The Morgan fingerprint density at radius 1 is 1.82 bits per heavy atom. The third-order valence-electron chi connectivity index (χ3n) is 2.05. The Morgan fingerprint density at radius 3 is 3.09 bits per heavy atom. The van der Waals surface area contributed by atoms with Crippen molar-refractivity contribution in [1.82, 2.24) is 5.43 Å². The molecule has 1 aliphatic heterocycles. The molecule has 3 nitrogen and oxygen atoms in total. The maximum Gasteiger partial charge on any atom is 0.0745 e. The van der Waals surface area contributed by atoms with Gasteiger partial charge in [-0.25, -0.2) is 0 Å². The number of nitrogens with two attached hydrogens (primary N) is 1. The van der Waals surface area contributed by atoms with Crippen molar-refractivity contribution in [2.45, 2.75) is 31.4 Å². The molecule has 1 fully saturated rings. The summed E-state index contributed by atoms with van der Waals surface area (Å²) in [6, 6.07) is 0.245. The van der Waals surface area contributed by atoms with Crippen LogP contribution in [0.25, 0.3) is 0 Å². The van der Waals surface area contributed by atoms with Crippen LogP contribution in [0.1, 0.15) is 19.3 Å². The normalized spacial score (nSPS) is 26.8. The van der Waals surface area contributed by atoms with Crippen molar-refractivity contribution < 1.29 is 4.74 Å². The fraction of sp³-hybridized carbons (Fsp3) is 0.750. The van der Waals surface area contributed by atoms with Gasteiger partial charge in [-0.2, -0.15) is 0 Å². The highest BCUT2D eigenvalue weighted by Crippen LogP contribution is 2.17. The SMILES string of the molecule is C=CCC(NN)C1CCCO1. The molecule has 0 aromatic rings. The van der Waals surface area contributed by atoms with Gasteiger partial charge in [-0.1, -0.05) is 6.08 Å². The van der Waals surface area contributed by atoms with Gasteiger partial charge in [0.05, 0.1) is 12.1 Å². The molecule has 2 atom stereocenters. The number of nitrogens with one attached hydrogen (secondary N) is 1. The molecular weight excluding hydrogens is 140 g/mol. The molecule has 1 heterocycles. The van der Waals surface area contributed by atoms with E-state index < -0.39 is 0 Å². The van der Waals surface area contributed by atoms with E-state index in [1.54, 1.807) is 0 Å². The Kier molecular flexibility index (Phi) is 3.56. The lowest BCUT2D eigenvalue weighted by molar-refractivity contribution is 0.0793. The number of hydrazine groups is 1.